The Hall–Kier alpha value is -2.76. The van der Waals surface area contributed by atoms with Crippen LogP contribution in [0.3, 0.4) is 0 Å². The summed E-state index contributed by atoms with van der Waals surface area (Å²) >= 11 is 0. The lowest BCUT2D eigenvalue weighted by molar-refractivity contribution is 0.173. The molecule has 0 unspecified atom stereocenters. The number of ether oxygens (including phenoxy) is 2. The molecule has 1 N–H and O–H groups in total. The Balaban J connectivity index is 1.59. The van der Waals surface area contributed by atoms with Crippen molar-refractivity contribution >= 4 is 6.03 Å². The standard InChI is InChI=1S/C17H19N3O3/c1-2-20(17(21)19-10-14-5-3-4-8-18-14)11-13-6-7-15-16(9-13)23-12-22-15/h3-9H,2,10-12H2,1H3,(H,19,21). The van der Waals surface area contributed by atoms with Crippen molar-refractivity contribution in [1.29, 1.82) is 0 Å². The fourth-order valence-corrected chi connectivity index (χ4v) is 2.37. The zero-order valence-corrected chi connectivity index (χ0v) is 13.0. The highest BCUT2D eigenvalue weighted by Crippen LogP contribution is 2.32. The van der Waals surface area contributed by atoms with Crippen molar-refractivity contribution in [3.63, 3.8) is 0 Å². The quantitative estimate of drug-likeness (QED) is 0.921. The van der Waals surface area contributed by atoms with Gasteiger partial charge in [0.2, 0.25) is 6.79 Å². The molecule has 1 aromatic carbocycles. The molecule has 2 aromatic rings. The minimum Gasteiger partial charge on any atom is -0.454 e. The van der Waals surface area contributed by atoms with Crippen molar-refractivity contribution in [2.75, 3.05) is 13.3 Å². The zero-order valence-electron chi connectivity index (χ0n) is 13.0. The maximum Gasteiger partial charge on any atom is 0.318 e. The van der Waals surface area contributed by atoms with Gasteiger partial charge in [0.25, 0.3) is 0 Å². The molecular weight excluding hydrogens is 294 g/mol. The maximum atomic E-state index is 12.3. The largest absolute Gasteiger partial charge is 0.454 e. The van der Waals surface area contributed by atoms with Gasteiger partial charge in [0.1, 0.15) is 0 Å². The van der Waals surface area contributed by atoms with Crippen molar-refractivity contribution in [3.8, 4) is 11.5 Å². The van der Waals surface area contributed by atoms with Crippen molar-refractivity contribution in [1.82, 2.24) is 15.2 Å². The normalized spacial score (nSPS) is 12.0. The Kier molecular flexibility index (Phi) is 4.61. The Morgan fingerprint density at radius 2 is 2.13 bits per heavy atom. The van der Waals surface area contributed by atoms with Crippen molar-refractivity contribution in [2.45, 2.75) is 20.0 Å². The second kappa shape index (κ2) is 7.00. The summed E-state index contributed by atoms with van der Waals surface area (Å²) in [5.41, 5.74) is 1.84. The van der Waals surface area contributed by atoms with Gasteiger partial charge in [0, 0.05) is 19.3 Å². The molecule has 2 amide bonds. The number of carbonyl (C=O) groups excluding carboxylic acids is 1. The van der Waals surface area contributed by atoms with E-state index in [4.69, 9.17) is 9.47 Å². The van der Waals surface area contributed by atoms with E-state index < -0.39 is 0 Å². The summed E-state index contributed by atoms with van der Waals surface area (Å²) < 4.78 is 10.7. The van der Waals surface area contributed by atoms with Crippen LogP contribution < -0.4 is 14.8 Å². The number of urea groups is 1. The van der Waals surface area contributed by atoms with E-state index in [1.165, 1.54) is 0 Å². The summed E-state index contributed by atoms with van der Waals surface area (Å²) in [6, 6.07) is 11.3. The van der Waals surface area contributed by atoms with Crippen LogP contribution in [0.2, 0.25) is 0 Å². The average Bonchev–Trinajstić information content (AvgIpc) is 3.06. The molecule has 0 saturated heterocycles. The van der Waals surface area contributed by atoms with Gasteiger partial charge in [-0.05, 0) is 36.8 Å². The summed E-state index contributed by atoms with van der Waals surface area (Å²) in [4.78, 5) is 18.2. The number of aromatic nitrogens is 1. The molecule has 0 spiro atoms. The predicted octanol–water partition coefficient (Wildman–Crippen LogP) is 2.54. The van der Waals surface area contributed by atoms with Crippen LogP contribution in [0.4, 0.5) is 4.79 Å². The summed E-state index contributed by atoms with van der Waals surface area (Å²) in [5.74, 6) is 1.48. The van der Waals surface area contributed by atoms with Gasteiger partial charge in [-0.1, -0.05) is 12.1 Å². The molecule has 3 rings (SSSR count). The molecule has 120 valence electrons. The van der Waals surface area contributed by atoms with Crippen LogP contribution in [0, 0.1) is 0 Å². The lowest BCUT2D eigenvalue weighted by Crippen LogP contribution is -2.39. The Bertz CT molecular complexity index is 676. The van der Waals surface area contributed by atoms with Gasteiger partial charge >= 0.3 is 6.03 Å². The number of amides is 2. The molecule has 2 heterocycles. The maximum absolute atomic E-state index is 12.3. The molecule has 1 aromatic heterocycles. The second-order valence-corrected chi connectivity index (χ2v) is 5.18. The molecular formula is C17H19N3O3. The molecule has 0 aliphatic carbocycles. The van der Waals surface area contributed by atoms with Gasteiger partial charge in [-0.15, -0.1) is 0 Å². The van der Waals surface area contributed by atoms with Gasteiger partial charge in [-0.3, -0.25) is 4.98 Å². The number of rotatable bonds is 5. The van der Waals surface area contributed by atoms with Crippen molar-refractivity contribution < 1.29 is 14.3 Å². The van der Waals surface area contributed by atoms with Crippen LogP contribution in [0.5, 0.6) is 11.5 Å². The van der Waals surface area contributed by atoms with Crippen LogP contribution in [0.25, 0.3) is 0 Å². The molecule has 0 fully saturated rings. The first kappa shape index (κ1) is 15.1. The highest BCUT2D eigenvalue weighted by Gasteiger charge is 2.16. The van der Waals surface area contributed by atoms with E-state index in [-0.39, 0.29) is 12.8 Å². The molecule has 1 aliphatic heterocycles. The molecule has 1 aliphatic rings. The lowest BCUT2D eigenvalue weighted by atomic mass is 10.2. The zero-order chi connectivity index (χ0) is 16.1. The summed E-state index contributed by atoms with van der Waals surface area (Å²) in [7, 11) is 0. The summed E-state index contributed by atoms with van der Waals surface area (Å²) in [6.07, 6.45) is 1.71. The molecule has 0 bridgehead atoms. The minimum atomic E-state index is -0.115. The third-order valence-electron chi connectivity index (χ3n) is 3.63. The number of hydrogen-bond donors (Lipinski definition) is 1. The summed E-state index contributed by atoms with van der Waals surface area (Å²) in [5, 5.41) is 2.89. The van der Waals surface area contributed by atoms with E-state index in [0.29, 0.717) is 19.6 Å². The van der Waals surface area contributed by atoms with E-state index in [1.54, 1.807) is 11.1 Å². The highest BCUT2D eigenvalue weighted by molar-refractivity contribution is 5.74. The predicted molar refractivity (Wildman–Crippen MR) is 85.1 cm³/mol. The average molecular weight is 313 g/mol. The van der Waals surface area contributed by atoms with Crippen LogP contribution in [-0.4, -0.2) is 29.3 Å². The van der Waals surface area contributed by atoms with Gasteiger partial charge in [0.05, 0.1) is 12.2 Å². The Morgan fingerprint density at radius 3 is 2.91 bits per heavy atom. The van der Waals surface area contributed by atoms with E-state index in [0.717, 1.165) is 22.8 Å². The third kappa shape index (κ3) is 3.71. The van der Waals surface area contributed by atoms with Crippen LogP contribution in [-0.2, 0) is 13.1 Å². The SMILES string of the molecule is CCN(Cc1ccc2c(c1)OCO2)C(=O)NCc1ccccn1. The van der Waals surface area contributed by atoms with Crippen molar-refractivity contribution in [2.24, 2.45) is 0 Å². The van der Waals surface area contributed by atoms with Crippen LogP contribution >= 0.6 is 0 Å². The van der Waals surface area contributed by atoms with Gasteiger partial charge < -0.3 is 19.7 Å². The molecule has 0 atom stereocenters. The molecule has 0 radical (unpaired) electrons. The summed E-state index contributed by atoms with van der Waals surface area (Å²) in [6.45, 7) is 3.75. The first-order valence-corrected chi connectivity index (χ1v) is 7.57. The third-order valence-corrected chi connectivity index (χ3v) is 3.63. The van der Waals surface area contributed by atoms with Crippen LogP contribution in [0.1, 0.15) is 18.2 Å². The first-order valence-electron chi connectivity index (χ1n) is 7.57. The lowest BCUT2D eigenvalue weighted by Gasteiger charge is -2.21. The van der Waals surface area contributed by atoms with Crippen LogP contribution in [0.15, 0.2) is 42.6 Å². The molecule has 23 heavy (non-hydrogen) atoms. The van der Waals surface area contributed by atoms with Gasteiger partial charge in [-0.2, -0.15) is 0 Å². The molecule has 6 heteroatoms. The fourth-order valence-electron chi connectivity index (χ4n) is 2.37. The molecule has 6 nitrogen and oxygen atoms in total. The van der Waals surface area contributed by atoms with E-state index in [1.807, 2.05) is 43.3 Å². The van der Waals surface area contributed by atoms with Gasteiger partial charge in [0.15, 0.2) is 11.5 Å². The fraction of sp³-hybridized carbons (Fsp3) is 0.294. The number of carbonyl (C=O) groups is 1. The van der Waals surface area contributed by atoms with E-state index in [2.05, 4.69) is 10.3 Å². The number of fused-ring (bicyclic) bond motifs is 1. The highest BCUT2D eigenvalue weighted by atomic mass is 16.7. The number of nitrogens with one attached hydrogen (secondary N) is 1. The molecule has 0 saturated carbocycles. The van der Waals surface area contributed by atoms with Gasteiger partial charge in [-0.25, -0.2) is 4.79 Å². The minimum absolute atomic E-state index is 0.115. The number of hydrogen-bond acceptors (Lipinski definition) is 4. The second-order valence-electron chi connectivity index (χ2n) is 5.18. The Morgan fingerprint density at radius 1 is 1.26 bits per heavy atom. The smallest absolute Gasteiger partial charge is 0.318 e. The number of pyridine rings is 1. The monoisotopic (exact) mass is 313 g/mol. The van der Waals surface area contributed by atoms with E-state index in [9.17, 15) is 4.79 Å². The number of nitrogens with zero attached hydrogens (tertiary/aromatic N) is 2. The van der Waals surface area contributed by atoms with Crippen molar-refractivity contribution in [3.05, 3.63) is 53.9 Å². The van der Waals surface area contributed by atoms with E-state index >= 15 is 0 Å². The topological polar surface area (TPSA) is 63.7 Å². The number of benzene rings is 1. The first-order chi connectivity index (χ1) is 11.3. The Labute approximate surface area is 135 Å².